The van der Waals surface area contributed by atoms with Crippen molar-refractivity contribution in [2.75, 3.05) is 32.7 Å². The molecule has 2 saturated heterocycles. The molecule has 0 spiro atoms. The number of hydrogen-bond acceptors (Lipinski definition) is 2. The average Bonchev–Trinajstić information content (AvgIpc) is 2.43. The fourth-order valence-electron chi connectivity index (χ4n) is 3.77. The van der Waals surface area contributed by atoms with Crippen LogP contribution in [0, 0.1) is 17.8 Å². The molecule has 128 valence electrons. The molecular formula is C20H38N2. The monoisotopic (exact) mass is 306 g/mol. The second kappa shape index (κ2) is 8.49. The van der Waals surface area contributed by atoms with Gasteiger partial charge in [-0.25, -0.2) is 0 Å². The van der Waals surface area contributed by atoms with Gasteiger partial charge in [-0.05, 0) is 76.8 Å². The molecule has 22 heavy (non-hydrogen) atoms. The molecule has 0 aromatic heterocycles. The second-order valence-electron chi connectivity index (χ2n) is 8.34. The summed E-state index contributed by atoms with van der Waals surface area (Å²) in [6.07, 6.45) is 6.99. The summed E-state index contributed by atoms with van der Waals surface area (Å²) in [6.45, 7) is 19.9. The highest BCUT2D eigenvalue weighted by molar-refractivity contribution is 4.98. The third kappa shape index (κ3) is 5.38. The molecule has 2 heterocycles. The van der Waals surface area contributed by atoms with Crippen molar-refractivity contribution in [3.8, 4) is 0 Å². The number of nitrogens with zero attached hydrogens (tertiary/aromatic N) is 2. The average molecular weight is 307 g/mol. The van der Waals surface area contributed by atoms with Crippen molar-refractivity contribution < 1.29 is 0 Å². The highest BCUT2D eigenvalue weighted by Crippen LogP contribution is 2.28. The molecule has 0 aromatic carbocycles. The largest absolute Gasteiger partial charge is 0.303 e. The van der Waals surface area contributed by atoms with Crippen LogP contribution in [0.25, 0.3) is 0 Å². The molecule has 0 saturated carbocycles. The maximum atomic E-state index is 4.21. The molecule has 2 rings (SSSR count). The van der Waals surface area contributed by atoms with Gasteiger partial charge in [-0.3, -0.25) is 0 Å². The Hall–Kier alpha value is -0.340. The van der Waals surface area contributed by atoms with Crippen molar-refractivity contribution in [3.05, 3.63) is 12.2 Å². The van der Waals surface area contributed by atoms with Gasteiger partial charge in [-0.2, -0.15) is 0 Å². The van der Waals surface area contributed by atoms with Gasteiger partial charge in [-0.1, -0.05) is 26.0 Å². The third-order valence-electron chi connectivity index (χ3n) is 5.97. The lowest BCUT2D eigenvalue weighted by Crippen LogP contribution is -2.50. The molecule has 0 atom stereocenters. The van der Waals surface area contributed by atoms with Crippen LogP contribution in [-0.4, -0.2) is 48.6 Å². The number of hydrogen-bond donors (Lipinski definition) is 0. The molecule has 2 aliphatic rings. The summed E-state index contributed by atoms with van der Waals surface area (Å²) in [5, 5.41) is 0. The normalized spacial score (nSPS) is 22.5. The lowest BCUT2D eigenvalue weighted by molar-refractivity contribution is 0.0557. The van der Waals surface area contributed by atoms with Crippen molar-refractivity contribution >= 4 is 0 Å². The van der Waals surface area contributed by atoms with Gasteiger partial charge in [0.25, 0.3) is 0 Å². The van der Waals surface area contributed by atoms with E-state index >= 15 is 0 Å². The Morgan fingerprint density at radius 3 is 2.14 bits per heavy atom. The summed E-state index contributed by atoms with van der Waals surface area (Å²) in [7, 11) is 0. The van der Waals surface area contributed by atoms with Gasteiger partial charge in [0.2, 0.25) is 0 Å². The summed E-state index contributed by atoms with van der Waals surface area (Å²) in [6, 6.07) is 0.750. The minimum atomic E-state index is 0.644. The van der Waals surface area contributed by atoms with Gasteiger partial charge >= 0.3 is 0 Å². The van der Waals surface area contributed by atoms with Crippen LogP contribution in [0.5, 0.6) is 0 Å². The third-order valence-corrected chi connectivity index (χ3v) is 5.97. The predicted octanol–water partition coefficient (Wildman–Crippen LogP) is 4.42. The fourth-order valence-corrected chi connectivity index (χ4v) is 3.77. The van der Waals surface area contributed by atoms with Gasteiger partial charge in [-0.15, -0.1) is 0 Å². The standard InChI is InChI=1S/C20H38N2/c1-16(2)18(5)8-11-21-12-9-19(10-13-21)6-7-20-14-22(15-20)17(3)4/h16-17,19-20H,5-15H2,1-4H3. The Morgan fingerprint density at radius 2 is 1.59 bits per heavy atom. The molecule has 2 aliphatic heterocycles. The Kier molecular flexibility index (Phi) is 6.95. The first-order valence-electron chi connectivity index (χ1n) is 9.59. The van der Waals surface area contributed by atoms with Crippen LogP contribution in [0.15, 0.2) is 12.2 Å². The minimum absolute atomic E-state index is 0.644. The first-order chi connectivity index (χ1) is 10.5. The van der Waals surface area contributed by atoms with Crippen LogP contribution in [0.3, 0.4) is 0 Å². The lowest BCUT2D eigenvalue weighted by atomic mass is 9.85. The van der Waals surface area contributed by atoms with E-state index in [1.807, 2.05) is 0 Å². The number of piperidine rings is 1. The number of likely N-dealkylation sites (tertiary alicyclic amines) is 2. The van der Waals surface area contributed by atoms with Crippen molar-refractivity contribution in [2.45, 2.75) is 65.8 Å². The smallest absolute Gasteiger partial charge is 0.00388 e. The molecule has 0 bridgehead atoms. The maximum absolute atomic E-state index is 4.21. The molecule has 0 N–H and O–H groups in total. The second-order valence-corrected chi connectivity index (χ2v) is 8.34. The van der Waals surface area contributed by atoms with Crippen LogP contribution in [0.1, 0.15) is 59.8 Å². The quantitative estimate of drug-likeness (QED) is 0.612. The molecule has 2 fully saturated rings. The Morgan fingerprint density at radius 1 is 1.00 bits per heavy atom. The molecular weight excluding hydrogens is 268 g/mol. The van der Waals surface area contributed by atoms with E-state index < -0.39 is 0 Å². The minimum Gasteiger partial charge on any atom is -0.303 e. The van der Waals surface area contributed by atoms with E-state index in [9.17, 15) is 0 Å². The topological polar surface area (TPSA) is 6.48 Å². The van der Waals surface area contributed by atoms with Gasteiger partial charge in [0, 0.05) is 25.7 Å². The first-order valence-corrected chi connectivity index (χ1v) is 9.59. The van der Waals surface area contributed by atoms with Gasteiger partial charge in [0.1, 0.15) is 0 Å². The Bertz CT molecular complexity index is 334. The van der Waals surface area contributed by atoms with Crippen LogP contribution in [0.4, 0.5) is 0 Å². The SMILES string of the molecule is C=C(CCN1CCC(CCC2CN(C(C)C)C2)CC1)C(C)C. The van der Waals surface area contributed by atoms with Crippen molar-refractivity contribution in [1.82, 2.24) is 9.80 Å². The molecule has 0 aliphatic carbocycles. The first kappa shape index (κ1) is 18.0. The Labute approximate surface area is 138 Å². The van der Waals surface area contributed by atoms with Crippen molar-refractivity contribution in [3.63, 3.8) is 0 Å². The molecule has 2 nitrogen and oxygen atoms in total. The zero-order valence-electron chi connectivity index (χ0n) is 15.5. The van der Waals surface area contributed by atoms with Crippen LogP contribution < -0.4 is 0 Å². The fraction of sp³-hybridized carbons (Fsp3) is 0.900. The highest BCUT2D eigenvalue weighted by Gasteiger charge is 2.29. The van der Waals surface area contributed by atoms with Crippen LogP contribution in [0.2, 0.25) is 0 Å². The highest BCUT2D eigenvalue weighted by atomic mass is 15.2. The lowest BCUT2D eigenvalue weighted by Gasteiger charge is -2.43. The molecule has 0 unspecified atom stereocenters. The summed E-state index contributed by atoms with van der Waals surface area (Å²) in [5.41, 5.74) is 1.42. The van der Waals surface area contributed by atoms with Gasteiger partial charge in [0.15, 0.2) is 0 Å². The van der Waals surface area contributed by atoms with Gasteiger partial charge in [0.05, 0.1) is 0 Å². The van der Waals surface area contributed by atoms with Gasteiger partial charge < -0.3 is 9.80 Å². The van der Waals surface area contributed by atoms with E-state index in [2.05, 4.69) is 44.1 Å². The summed E-state index contributed by atoms with van der Waals surface area (Å²) in [5.74, 6) is 2.64. The van der Waals surface area contributed by atoms with Crippen molar-refractivity contribution in [2.24, 2.45) is 17.8 Å². The van der Waals surface area contributed by atoms with E-state index in [0.717, 1.165) is 17.9 Å². The van der Waals surface area contributed by atoms with E-state index in [1.165, 1.54) is 70.4 Å². The zero-order valence-corrected chi connectivity index (χ0v) is 15.5. The summed E-state index contributed by atoms with van der Waals surface area (Å²) < 4.78 is 0. The zero-order chi connectivity index (χ0) is 16.1. The van der Waals surface area contributed by atoms with E-state index in [-0.39, 0.29) is 0 Å². The predicted molar refractivity (Wildman–Crippen MR) is 97.2 cm³/mol. The van der Waals surface area contributed by atoms with Crippen molar-refractivity contribution in [1.29, 1.82) is 0 Å². The van der Waals surface area contributed by atoms with Crippen LogP contribution in [-0.2, 0) is 0 Å². The van der Waals surface area contributed by atoms with E-state index in [1.54, 1.807) is 0 Å². The van der Waals surface area contributed by atoms with E-state index in [0.29, 0.717) is 5.92 Å². The van der Waals surface area contributed by atoms with Crippen LogP contribution >= 0.6 is 0 Å². The summed E-state index contributed by atoms with van der Waals surface area (Å²) >= 11 is 0. The molecule has 0 amide bonds. The summed E-state index contributed by atoms with van der Waals surface area (Å²) in [4.78, 5) is 5.27. The molecule has 0 radical (unpaired) electrons. The van der Waals surface area contributed by atoms with E-state index in [4.69, 9.17) is 0 Å². The Balaban J connectivity index is 1.53. The number of rotatable bonds is 8. The molecule has 2 heteroatoms. The maximum Gasteiger partial charge on any atom is 0.00388 e. The molecule has 0 aromatic rings.